The third-order valence-corrected chi connectivity index (χ3v) is 4.33. The topological polar surface area (TPSA) is 26.3 Å². The van der Waals surface area contributed by atoms with E-state index in [-0.39, 0.29) is 11.9 Å². The minimum absolute atomic E-state index is 0.0958. The zero-order valence-corrected chi connectivity index (χ0v) is 10.4. The fourth-order valence-corrected chi connectivity index (χ4v) is 3.54. The summed E-state index contributed by atoms with van der Waals surface area (Å²) in [6, 6.07) is 0. The average Bonchev–Trinajstić information content (AvgIpc) is 2.35. The minimum atomic E-state index is 0.0958. The first kappa shape index (κ1) is 11.9. The van der Waals surface area contributed by atoms with E-state index in [2.05, 4.69) is 6.92 Å². The summed E-state index contributed by atoms with van der Waals surface area (Å²) < 4.78 is 5.34. The molecule has 2 nitrogen and oxygen atoms in total. The molecule has 0 bridgehead atoms. The molecule has 0 aromatic heterocycles. The first-order valence-corrected chi connectivity index (χ1v) is 6.99. The molecule has 2 saturated carbocycles. The lowest BCUT2D eigenvalue weighted by atomic mass is 9.65. The molecular weight excluding hydrogens is 200 g/mol. The highest BCUT2D eigenvalue weighted by Crippen LogP contribution is 2.44. The number of esters is 1. The second-order valence-corrected chi connectivity index (χ2v) is 5.41. The van der Waals surface area contributed by atoms with E-state index in [0.717, 1.165) is 18.8 Å². The predicted octanol–water partition coefficient (Wildman–Crippen LogP) is 3.55. The summed E-state index contributed by atoms with van der Waals surface area (Å²) in [6.07, 6.45) is 9.89. The number of fused-ring (bicyclic) bond motifs is 1. The van der Waals surface area contributed by atoms with Crippen molar-refractivity contribution in [2.24, 2.45) is 17.8 Å². The maximum Gasteiger partial charge on any atom is 0.309 e. The number of carbonyl (C=O) groups is 1. The molecule has 2 heteroatoms. The van der Waals surface area contributed by atoms with E-state index in [1.54, 1.807) is 0 Å². The monoisotopic (exact) mass is 224 g/mol. The molecular formula is C14H24O2. The van der Waals surface area contributed by atoms with E-state index < -0.39 is 0 Å². The second-order valence-electron chi connectivity index (χ2n) is 5.41. The fraction of sp³-hybridized carbons (Fsp3) is 0.929. The van der Waals surface area contributed by atoms with Crippen molar-refractivity contribution in [1.29, 1.82) is 0 Å². The molecule has 3 unspecified atom stereocenters. The molecule has 0 aromatic rings. The van der Waals surface area contributed by atoms with Gasteiger partial charge in [0.2, 0.25) is 0 Å². The third kappa shape index (κ3) is 2.58. The van der Waals surface area contributed by atoms with Gasteiger partial charge in [-0.1, -0.05) is 39.0 Å². The van der Waals surface area contributed by atoms with Crippen molar-refractivity contribution in [3.63, 3.8) is 0 Å². The van der Waals surface area contributed by atoms with Gasteiger partial charge in [-0.05, 0) is 31.1 Å². The zero-order chi connectivity index (χ0) is 11.4. The van der Waals surface area contributed by atoms with Crippen LogP contribution >= 0.6 is 0 Å². The Morgan fingerprint density at radius 1 is 1.12 bits per heavy atom. The molecule has 0 saturated heterocycles. The van der Waals surface area contributed by atoms with Gasteiger partial charge in [-0.2, -0.15) is 0 Å². The normalized spacial score (nSPS) is 34.2. The first-order valence-electron chi connectivity index (χ1n) is 6.99. The van der Waals surface area contributed by atoms with Crippen LogP contribution in [0.25, 0.3) is 0 Å². The molecule has 3 atom stereocenters. The van der Waals surface area contributed by atoms with Crippen molar-refractivity contribution in [1.82, 2.24) is 0 Å². The summed E-state index contributed by atoms with van der Waals surface area (Å²) in [7, 11) is 0. The molecule has 92 valence electrons. The summed E-state index contributed by atoms with van der Waals surface area (Å²) in [5, 5.41) is 0. The summed E-state index contributed by atoms with van der Waals surface area (Å²) >= 11 is 0. The van der Waals surface area contributed by atoms with Crippen molar-refractivity contribution in [2.45, 2.75) is 58.3 Å². The van der Waals surface area contributed by atoms with Crippen molar-refractivity contribution in [3.8, 4) is 0 Å². The highest BCUT2D eigenvalue weighted by Gasteiger charge is 2.39. The Morgan fingerprint density at radius 2 is 1.88 bits per heavy atom. The van der Waals surface area contributed by atoms with E-state index in [9.17, 15) is 4.79 Å². The van der Waals surface area contributed by atoms with Gasteiger partial charge in [0.15, 0.2) is 0 Å². The highest BCUT2D eigenvalue weighted by atomic mass is 16.5. The Morgan fingerprint density at radius 3 is 2.69 bits per heavy atom. The van der Waals surface area contributed by atoms with E-state index >= 15 is 0 Å². The molecule has 2 fully saturated rings. The molecule has 2 aliphatic carbocycles. The van der Waals surface area contributed by atoms with Crippen LogP contribution in [0.15, 0.2) is 0 Å². The number of ether oxygens (including phenoxy) is 1. The molecule has 2 aliphatic rings. The lowest BCUT2D eigenvalue weighted by Gasteiger charge is -2.40. The van der Waals surface area contributed by atoms with Gasteiger partial charge in [0, 0.05) is 0 Å². The van der Waals surface area contributed by atoms with E-state index in [1.807, 2.05) is 0 Å². The maximum atomic E-state index is 12.0. The van der Waals surface area contributed by atoms with Crippen LogP contribution in [-0.2, 0) is 9.53 Å². The lowest BCUT2D eigenvalue weighted by molar-refractivity contribution is -0.153. The van der Waals surface area contributed by atoms with E-state index in [4.69, 9.17) is 4.74 Å². The van der Waals surface area contributed by atoms with Gasteiger partial charge < -0.3 is 4.74 Å². The lowest BCUT2D eigenvalue weighted by Crippen LogP contribution is -2.36. The Balaban J connectivity index is 1.93. The Labute approximate surface area is 98.7 Å². The quantitative estimate of drug-likeness (QED) is 0.685. The molecule has 0 N–H and O–H groups in total. The largest absolute Gasteiger partial charge is 0.465 e. The fourth-order valence-electron chi connectivity index (χ4n) is 3.54. The number of hydrogen-bond donors (Lipinski definition) is 0. The molecule has 0 amide bonds. The standard InChI is InChI=1S/C14H24O2/c1-2-10-16-14(15)13-9-5-7-11-6-3-4-8-12(11)13/h11-13H,2-10H2,1H3. The van der Waals surface area contributed by atoms with Crippen LogP contribution in [-0.4, -0.2) is 12.6 Å². The smallest absolute Gasteiger partial charge is 0.309 e. The highest BCUT2D eigenvalue weighted by molar-refractivity contribution is 5.73. The molecule has 0 spiro atoms. The molecule has 0 heterocycles. The van der Waals surface area contributed by atoms with Crippen LogP contribution in [0.5, 0.6) is 0 Å². The van der Waals surface area contributed by atoms with Crippen LogP contribution < -0.4 is 0 Å². The Bertz CT molecular complexity index is 235. The van der Waals surface area contributed by atoms with Gasteiger partial charge in [-0.3, -0.25) is 4.79 Å². The van der Waals surface area contributed by atoms with Crippen molar-refractivity contribution >= 4 is 5.97 Å². The van der Waals surface area contributed by atoms with Crippen molar-refractivity contribution in [2.75, 3.05) is 6.61 Å². The zero-order valence-electron chi connectivity index (χ0n) is 10.4. The molecule has 0 radical (unpaired) electrons. The molecule has 0 aliphatic heterocycles. The van der Waals surface area contributed by atoms with E-state index in [0.29, 0.717) is 12.5 Å². The number of carbonyl (C=O) groups excluding carboxylic acids is 1. The molecule has 0 aromatic carbocycles. The summed E-state index contributed by atoms with van der Waals surface area (Å²) in [5.74, 6) is 1.79. The minimum Gasteiger partial charge on any atom is -0.465 e. The van der Waals surface area contributed by atoms with Gasteiger partial charge >= 0.3 is 5.97 Å². The van der Waals surface area contributed by atoms with Gasteiger partial charge in [0.05, 0.1) is 12.5 Å². The van der Waals surface area contributed by atoms with E-state index in [1.165, 1.54) is 38.5 Å². The molecule has 16 heavy (non-hydrogen) atoms. The summed E-state index contributed by atoms with van der Waals surface area (Å²) in [6.45, 7) is 2.66. The van der Waals surface area contributed by atoms with Crippen LogP contribution in [0, 0.1) is 17.8 Å². The van der Waals surface area contributed by atoms with Crippen molar-refractivity contribution in [3.05, 3.63) is 0 Å². The Kier molecular flexibility index (Phi) is 4.25. The van der Waals surface area contributed by atoms with Gasteiger partial charge in [-0.15, -0.1) is 0 Å². The third-order valence-electron chi connectivity index (χ3n) is 4.33. The average molecular weight is 224 g/mol. The maximum absolute atomic E-state index is 12.0. The summed E-state index contributed by atoms with van der Waals surface area (Å²) in [4.78, 5) is 12.0. The number of rotatable bonds is 3. The van der Waals surface area contributed by atoms with Crippen LogP contribution in [0.2, 0.25) is 0 Å². The summed E-state index contributed by atoms with van der Waals surface area (Å²) in [5.41, 5.74) is 0. The SMILES string of the molecule is CCCOC(=O)C1CCCC2CCCCC21. The van der Waals surface area contributed by atoms with Gasteiger partial charge in [0.1, 0.15) is 0 Å². The second kappa shape index (κ2) is 5.70. The van der Waals surface area contributed by atoms with Crippen LogP contribution in [0.1, 0.15) is 58.3 Å². The Hall–Kier alpha value is -0.530. The predicted molar refractivity (Wildman–Crippen MR) is 64.0 cm³/mol. The van der Waals surface area contributed by atoms with Crippen LogP contribution in [0.4, 0.5) is 0 Å². The van der Waals surface area contributed by atoms with Gasteiger partial charge in [-0.25, -0.2) is 0 Å². The van der Waals surface area contributed by atoms with Gasteiger partial charge in [0.25, 0.3) is 0 Å². The number of hydrogen-bond acceptors (Lipinski definition) is 2. The molecule has 2 rings (SSSR count). The van der Waals surface area contributed by atoms with Crippen LogP contribution in [0.3, 0.4) is 0 Å². The first-order chi connectivity index (χ1) is 7.83. The van der Waals surface area contributed by atoms with Crippen molar-refractivity contribution < 1.29 is 9.53 Å².